The first-order valence-electron chi connectivity index (χ1n) is 9.89. The summed E-state index contributed by atoms with van der Waals surface area (Å²) in [6.07, 6.45) is 6.06. The first-order valence-corrected chi connectivity index (χ1v) is 9.89. The number of non-ortho nitro benzene ring substituents is 1. The summed E-state index contributed by atoms with van der Waals surface area (Å²) in [5.74, 6) is -0.0856. The van der Waals surface area contributed by atoms with Gasteiger partial charge in [0.25, 0.3) is 17.2 Å². The number of carbonyl (C=O) groups is 1. The van der Waals surface area contributed by atoms with E-state index in [1.807, 2.05) is 6.07 Å². The smallest absolute Gasteiger partial charge is 0.271 e. The molecule has 1 fully saturated rings. The van der Waals surface area contributed by atoms with Crippen LogP contribution in [0.3, 0.4) is 0 Å². The molecule has 158 valence electrons. The van der Waals surface area contributed by atoms with E-state index >= 15 is 0 Å². The molecule has 10 heteroatoms. The molecule has 2 aromatic heterocycles. The Hall–Kier alpha value is -4.08. The zero-order valence-corrected chi connectivity index (χ0v) is 16.6. The largest absolute Gasteiger partial charge is 0.356 e. The van der Waals surface area contributed by atoms with Crippen molar-refractivity contribution in [1.29, 1.82) is 0 Å². The highest BCUT2D eigenvalue weighted by Gasteiger charge is 2.19. The monoisotopic (exact) mass is 420 g/mol. The third kappa shape index (κ3) is 4.27. The molecule has 1 saturated heterocycles. The molecule has 1 amide bonds. The molecule has 10 nitrogen and oxygen atoms in total. The predicted molar refractivity (Wildman–Crippen MR) is 116 cm³/mol. The van der Waals surface area contributed by atoms with E-state index in [-0.39, 0.29) is 22.4 Å². The number of rotatable bonds is 5. The summed E-state index contributed by atoms with van der Waals surface area (Å²) in [5.41, 5.74) is 2.74. The van der Waals surface area contributed by atoms with Gasteiger partial charge < -0.3 is 4.90 Å². The van der Waals surface area contributed by atoms with E-state index < -0.39 is 10.8 Å². The van der Waals surface area contributed by atoms with Gasteiger partial charge in [-0.15, -0.1) is 0 Å². The number of aromatic nitrogens is 2. The Morgan fingerprint density at radius 1 is 1.16 bits per heavy atom. The molecule has 0 saturated carbocycles. The van der Waals surface area contributed by atoms with Gasteiger partial charge >= 0.3 is 0 Å². The quantitative estimate of drug-likeness (QED) is 0.384. The van der Waals surface area contributed by atoms with Gasteiger partial charge in [-0.3, -0.25) is 24.1 Å². The molecule has 1 N–H and O–H groups in total. The van der Waals surface area contributed by atoms with Crippen LogP contribution in [0.2, 0.25) is 0 Å². The number of nitrogens with one attached hydrogen (secondary N) is 1. The van der Waals surface area contributed by atoms with Gasteiger partial charge in [0.2, 0.25) is 0 Å². The molecular formula is C21H20N6O4. The third-order valence-electron chi connectivity index (χ3n) is 5.08. The molecule has 0 unspecified atom stereocenters. The SMILES string of the molecule is O=C(N/N=C\c1c(N2CCCCC2)nc2ccccn2c1=O)c1cccc([N+](=O)[O-])c1. The lowest BCUT2D eigenvalue weighted by Gasteiger charge is -2.28. The Balaban J connectivity index is 1.65. The minimum atomic E-state index is -0.617. The standard InChI is InChI=1S/C21H20N6O4/c28-20(15-7-6-8-16(13-15)27(30)31)24-22-14-17-19(25-10-3-1-4-11-25)23-18-9-2-5-12-26(18)21(17)29/h2,5-9,12-14H,1,3-4,10-11H2,(H,24,28)/b22-14-. The number of piperidine rings is 1. The number of hydrazone groups is 1. The summed E-state index contributed by atoms with van der Waals surface area (Å²) in [6, 6.07) is 10.6. The molecule has 0 bridgehead atoms. The van der Waals surface area contributed by atoms with E-state index in [4.69, 9.17) is 0 Å². The van der Waals surface area contributed by atoms with E-state index in [9.17, 15) is 19.7 Å². The Morgan fingerprint density at radius 2 is 1.97 bits per heavy atom. The van der Waals surface area contributed by atoms with Crippen LogP contribution < -0.4 is 15.9 Å². The zero-order chi connectivity index (χ0) is 21.8. The van der Waals surface area contributed by atoms with E-state index in [0.29, 0.717) is 11.5 Å². The molecule has 0 aliphatic carbocycles. The van der Waals surface area contributed by atoms with Crippen LogP contribution in [0.25, 0.3) is 5.65 Å². The van der Waals surface area contributed by atoms with E-state index in [2.05, 4.69) is 20.4 Å². The van der Waals surface area contributed by atoms with Crippen LogP contribution in [0.1, 0.15) is 35.2 Å². The van der Waals surface area contributed by atoms with Crippen molar-refractivity contribution in [3.05, 3.63) is 80.3 Å². The van der Waals surface area contributed by atoms with Crippen LogP contribution in [-0.4, -0.2) is 39.5 Å². The normalized spacial score (nSPS) is 14.1. The summed E-state index contributed by atoms with van der Waals surface area (Å²) in [7, 11) is 0. The molecule has 3 heterocycles. The van der Waals surface area contributed by atoms with Crippen molar-refractivity contribution in [3.8, 4) is 0 Å². The Bertz CT molecular complexity index is 1230. The van der Waals surface area contributed by atoms with Crippen molar-refractivity contribution in [2.45, 2.75) is 19.3 Å². The van der Waals surface area contributed by atoms with Crippen LogP contribution in [0.4, 0.5) is 11.5 Å². The second-order valence-corrected chi connectivity index (χ2v) is 7.14. The maximum absolute atomic E-state index is 13.1. The molecule has 4 rings (SSSR count). The van der Waals surface area contributed by atoms with Crippen molar-refractivity contribution in [2.24, 2.45) is 5.10 Å². The highest BCUT2D eigenvalue weighted by Crippen LogP contribution is 2.20. The van der Waals surface area contributed by atoms with Crippen LogP contribution in [0.5, 0.6) is 0 Å². The fourth-order valence-corrected chi connectivity index (χ4v) is 3.53. The molecule has 3 aromatic rings. The number of pyridine rings is 1. The maximum Gasteiger partial charge on any atom is 0.271 e. The second-order valence-electron chi connectivity index (χ2n) is 7.14. The van der Waals surface area contributed by atoms with Crippen molar-refractivity contribution in [2.75, 3.05) is 18.0 Å². The van der Waals surface area contributed by atoms with E-state index in [0.717, 1.165) is 38.4 Å². The topological polar surface area (TPSA) is 122 Å². The van der Waals surface area contributed by atoms with Crippen molar-refractivity contribution < 1.29 is 9.72 Å². The number of hydrogen-bond donors (Lipinski definition) is 1. The summed E-state index contributed by atoms with van der Waals surface area (Å²) in [4.78, 5) is 42.5. The molecular weight excluding hydrogens is 400 g/mol. The lowest BCUT2D eigenvalue weighted by atomic mass is 10.1. The highest BCUT2D eigenvalue weighted by atomic mass is 16.6. The number of anilines is 1. The van der Waals surface area contributed by atoms with Crippen molar-refractivity contribution in [3.63, 3.8) is 0 Å². The van der Waals surface area contributed by atoms with Crippen LogP contribution in [0, 0.1) is 10.1 Å². The first-order chi connectivity index (χ1) is 15.0. The van der Waals surface area contributed by atoms with Gasteiger partial charge in [0.05, 0.1) is 11.1 Å². The number of nitro groups is 1. The summed E-state index contributed by atoms with van der Waals surface area (Å²) in [5, 5.41) is 14.8. The first kappa shape index (κ1) is 20.2. The average Bonchev–Trinajstić information content (AvgIpc) is 2.81. The number of carbonyl (C=O) groups excluding carboxylic acids is 1. The Morgan fingerprint density at radius 3 is 2.74 bits per heavy atom. The highest BCUT2D eigenvalue weighted by molar-refractivity contribution is 5.96. The van der Waals surface area contributed by atoms with Gasteiger partial charge in [0.1, 0.15) is 17.0 Å². The maximum atomic E-state index is 13.1. The molecule has 1 aliphatic heterocycles. The van der Waals surface area contributed by atoms with E-state index in [1.165, 1.54) is 28.8 Å². The van der Waals surface area contributed by atoms with Gasteiger partial charge in [0.15, 0.2) is 0 Å². The lowest BCUT2D eigenvalue weighted by molar-refractivity contribution is -0.384. The number of fused-ring (bicyclic) bond motifs is 1. The summed E-state index contributed by atoms with van der Waals surface area (Å²) >= 11 is 0. The van der Waals surface area contributed by atoms with E-state index in [1.54, 1.807) is 18.3 Å². The zero-order valence-electron chi connectivity index (χ0n) is 16.6. The van der Waals surface area contributed by atoms with Crippen molar-refractivity contribution >= 4 is 29.3 Å². The van der Waals surface area contributed by atoms with Gasteiger partial charge in [-0.1, -0.05) is 12.1 Å². The number of nitrogens with zero attached hydrogens (tertiary/aromatic N) is 5. The second kappa shape index (κ2) is 8.74. The van der Waals surface area contributed by atoms with Gasteiger partial charge in [-0.2, -0.15) is 5.10 Å². The summed E-state index contributed by atoms with van der Waals surface area (Å²) in [6.45, 7) is 1.58. The van der Waals surface area contributed by atoms with Gasteiger partial charge in [0, 0.05) is 37.0 Å². The lowest BCUT2D eigenvalue weighted by Crippen LogP contribution is -2.34. The third-order valence-corrected chi connectivity index (χ3v) is 5.08. The minimum Gasteiger partial charge on any atom is -0.356 e. The molecule has 0 atom stereocenters. The minimum absolute atomic E-state index is 0.0935. The molecule has 31 heavy (non-hydrogen) atoms. The van der Waals surface area contributed by atoms with Crippen LogP contribution in [-0.2, 0) is 0 Å². The fraction of sp³-hybridized carbons (Fsp3) is 0.238. The molecule has 1 aromatic carbocycles. The number of benzene rings is 1. The van der Waals surface area contributed by atoms with Crippen molar-refractivity contribution in [1.82, 2.24) is 14.8 Å². The van der Waals surface area contributed by atoms with Gasteiger partial charge in [-0.25, -0.2) is 10.4 Å². The van der Waals surface area contributed by atoms with Gasteiger partial charge in [-0.05, 0) is 37.5 Å². The Kier molecular flexibility index (Phi) is 5.69. The Labute approximate surface area is 177 Å². The average molecular weight is 420 g/mol. The molecule has 0 spiro atoms. The molecule has 1 aliphatic rings. The predicted octanol–water partition coefficient (Wildman–Crippen LogP) is 2.36. The van der Waals surface area contributed by atoms with Crippen LogP contribution in [0.15, 0.2) is 58.6 Å². The molecule has 0 radical (unpaired) electrons. The number of amides is 1. The number of nitro benzene ring substituents is 1. The summed E-state index contributed by atoms with van der Waals surface area (Å²) < 4.78 is 1.43. The van der Waals surface area contributed by atoms with Crippen LogP contribution >= 0.6 is 0 Å². The number of hydrogen-bond acceptors (Lipinski definition) is 7. The fourth-order valence-electron chi connectivity index (χ4n) is 3.53.